The van der Waals surface area contributed by atoms with E-state index in [0.29, 0.717) is 6.54 Å². The predicted molar refractivity (Wildman–Crippen MR) is 83.3 cm³/mol. The number of nitrogens with zero attached hydrogens (tertiary/aromatic N) is 3. The van der Waals surface area contributed by atoms with Gasteiger partial charge in [0.25, 0.3) is 0 Å². The Bertz CT molecular complexity index is 571. The molecule has 2 aromatic heterocycles. The molecule has 3 N–H and O–H groups in total. The van der Waals surface area contributed by atoms with Crippen molar-refractivity contribution in [3.63, 3.8) is 0 Å². The van der Waals surface area contributed by atoms with Crippen LogP contribution in [0.15, 0.2) is 37.1 Å². The first-order valence-electron chi connectivity index (χ1n) is 6.54. The number of aromatic nitrogens is 3. The van der Waals surface area contributed by atoms with E-state index in [1.54, 1.807) is 18.7 Å². The van der Waals surface area contributed by atoms with Crippen LogP contribution in [-0.4, -0.2) is 26.5 Å². The zero-order chi connectivity index (χ0) is 14.5. The molecule has 0 saturated carbocycles. The molecule has 0 aliphatic rings. The Kier molecular flexibility index (Phi) is 6.33. The van der Waals surface area contributed by atoms with Gasteiger partial charge in [0.05, 0.1) is 6.04 Å². The number of amides is 1. The molecule has 1 atom stereocenters. The number of carbonyl (C=O) groups excluding carboxylic acids is 1. The van der Waals surface area contributed by atoms with Gasteiger partial charge in [-0.15, -0.1) is 12.4 Å². The van der Waals surface area contributed by atoms with Crippen LogP contribution in [0.4, 0.5) is 0 Å². The topological polar surface area (TPSA) is 85.8 Å². The van der Waals surface area contributed by atoms with Gasteiger partial charge in [-0.25, -0.2) is 9.97 Å². The van der Waals surface area contributed by atoms with E-state index in [1.165, 1.54) is 0 Å². The van der Waals surface area contributed by atoms with Gasteiger partial charge in [-0.05, 0) is 23.6 Å². The molecule has 0 radical (unpaired) electrons. The first-order chi connectivity index (χ1) is 9.58. The second-order valence-corrected chi connectivity index (χ2v) is 4.98. The zero-order valence-electron chi connectivity index (χ0n) is 12.1. The van der Waals surface area contributed by atoms with Crippen molar-refractivity contribution in [2.45, 2.75) is 26.4 Å². The minimum atomic E-state index is -0.482. The Morgan fingerprint density at radius 1 is 1.43 bits per heavy atom. The number of hydrogen-bond acceptors (Lipinski definition) is 4. The Morgan fingerprint density at radius 3 is 2.81 bits per heavy atom. The molecule has 0 fully saturated rings. The fourth-order valence-electron chi connectivity index (χ4n) is 1.72. The maximum absolute atomic E-state index is 11.8. The van der Waals surface area contributed by atoms with Gasteiger partial charge in [0.15, 0.2) is 0 Å². The van der Waals surface area contributed by atoms with Crippen molar-refractivity contribution in [1.82, 2.24) is 19.9 Å². The summed E-state index contributed by atoms with van der Waals surface area (Å²) in [7, 11) is 0. The van der Waals surface area contributed by atoms with Gasteiger partial charge in [-0.2, -0.15) is 0 Å². The van der Waals surface area contributed by atoms with Crippen molar-refractivity contribution >= 4 is 18.3 Å². The first-order valence-corrected chi connectivity index (χ1v) is 6.54. The minimum Gasteiger partial charge on any atom is -0.351 e. The molecule has 2 rings (SSSR count). The Labute approximate surface area is 130 Å². The Hall–Kier alpha value is -1.92. The van der Waals surface area contributed by atoms with Gasteiger partial charge >= 0.3 is 0 Å². The normalized spacial score (nSPS) is 11.8. The van der Waals surface area contributed by atoms with E-state index in [2.05, 4.69) is 15.3 Å². The third kappa shape index (κ3) is 4.54. The summed E-state index contributed by atoms with van der Waals surface area (Å²) in [5, 5.41) is 2.84. The molecule has 0 aliphatic carbocycles. The van der Waals surface area contributed by atoms with E-state index >= 15 is 0 Å². The largest absolute Gasteiger partial charge is 0.351 e. The van der Waals surface area contributed by atoms with Gasteiger partial charge in [-0.3, -0.25) is 9.36 Å². The maximum Gasteiger partial charge on any atom is 0.237 e. The molecule has 0 unspecified atom stereocenters. The number of nitrogens with two attached hydrogens (primary N) is 1. The van der Waals surface area contributed by atoms with Crippen LogP contribution in [0.1, 0.15) is 19.4 Å². The summed E-state index contributed by atoms with van der Waals surface area (Å²) < 4.78 is 1.81. The molecule has 114 valence electrons. The second-order valence-electron chi connectivity index (χ2n) is 4.98. The smallest absolute Gasteiger partial charge is 0.237 e. The fraction of sp³-hybridized carbons (Fsp3) is 0.357. The van der Waals surface area contributed by atoms with Crippen molar-refractivity contribution in [3.8, 4) is 5.82 Å². The minimum absolute atomic E-state index is 0. The number of halogens is 1. The number of imidazole rings is 1. The first kappa shape index (κ1) is 17.1. The SMILES string of the molecule is CC(C)[C@H](N)C(=O)NCc1ccnc(-n2ccnc2)c1.Cl. The molecular formula is C14H20ClN5O. The average molecular weight is 310 g/mol. The maximum atomic E-state index is 11.8. The van der Waals surface area contributed by atoms with Crippen LogP contribution in [0.2, 0.25) is 0 Å². The van der Waals surface area contributed by atoms with Crippen LogP contribution < -0.4 is 11.1 Å². The molecule has 2 heterocycles. The highest BCUT2D eigenvalue weighted by Gasteiger charge is 2.16. The summed E-state index contributed by atoms with van der Waals surface area (Å²) in [5.41, 5.74) is 6.76. The number of rotatable bonds is 5. The molecule has 0 aliphatic heterocycles. The number of carbonyl (C=O) groups is 1. The molecule has 7 heteroatoms. The summed E-state index contributed by atoms with van der Waals surface area (Å²) in [5.74, 6) is 0.748. The summed E-state index contributed by atoms with van der Waals surface area (Å²) >= 11 is 0. The van der Waals surface area contributed by atoms with Gasteiger partial charge < -0.3 is 11.1 Å². The van der Waals surface area contributed by atoms with E-state index in [1.807, 2.05) is 36.7 Å². The monoisotopic (exact) mass is 309 g/mol. The van der Waals surface area contributed by atoms with Crippen LogP contribution in [-0.2, 0) is 11.3 Å². The molecule has 0 bridgehead atoms. The lowest BCUT2D eigenvalue weighted by Gasteiger charge is -2.15. The van der Waals surface area contributed by atoms with E-state index in [-0.39, 0.29) is 24.2 Å². The third-order valence-electron chi connectivity index (χ3n) is 3.07. The van der Waals surface area contributed by atoms with Crippen molar-refractivity contribution in [1.29, 1.82) is 0 Å². The van der Waals surface area contributed by atoms with E-state index in [9.17, 15) is 4.79 Å². The van der Waals surface area contributed by atoms with Crippen molar-refractivity contribution < 1.29 is 4.79 Å². The molecule has 0 aromatic carbocycles. The zero-order valence-corrected chi connectivity index (χ0v) is 12.9. The highest BCUT2D eigenvalue weighted by Crippen LogP contribution is 2.07. The van der Waals surface area contributed by atoms with Crippen molar-refractivity contribution in [2.24, 2.45) is 11.7 Å². The molecule has 0 saturated heterocycles. The Morgan fingerprint density at radius 2 is 2.19 bits per heavy atom. The lowest BCUT2D eigenvalue weighted by atomic mass is 10.1. The van der Waals surface area contributed by atoms with Crippen LogP contribution in [0.5, 0.6) is 0 Å². The molecular weight excluding hydrogens is 290 g/mol. The van der Waals surface area contributed by atoms with Crippen molar-refractivity contribution in [3.05, 3.63) is 42.6 Å². The summed E-state index contributed by atoms with van der Waals surface area (Å²) in [4.78, 5) is 20.0. The highest BCUT2D eigenvalue weighted by molar-refractivity contribution is 5.85. The van der Waals surface area contributed by atoms with Gasteiger partial charge in [0.2, 0.25) is 5.91 Å². The quantitative estimate of drug-likeness (QED) is 0.871. The molecule has 21 heavy (non-hydrogen) atoms. The van der Waals surface area contributed by atoms with E-state index < -0.39 is 6.04 Å². The van der Waals surface area contributed by atoms with Gasteiger partial charge in [0, 0.05) is 25.1 Å². The fourth-order valence-corrected chi connectivity index (χ4v) is 1.72. The molecule has 0 spiro atoms. The lowest BCUT2D eigenvalue weighted by Crippen LogP contribution is -2.43. The molecule has 1 amide bonds. The number of nitrogens with one attached hydrogen (secondary N) is 1. The van der Waals surface area contributed by atoms with Crippen LogP contribution in [0, 0.1) is 5.92 Å². The van der Waals surface area contributed by atoms with Crippen LogP contribution in [0.25, 0.3) is 5.82 Å². The van der Waals surface area contributed by atoms with Crippen LogP contribution in [0.3, 0.4) is 0 Å². The molecule has 2 aromatic rings. The summed E-state index contributed by atoms with van der Waals surface area (Å²) in [6.45, 7) is 4.28. The van der Waals surface area contributed by atoms with Crippen LogP contribution >= 0.6 is 12.4 Å². The van der Waals surface area contributed by atoms with E-state index in [0.717, 1.165) is 11.4 Å². The molecule has 6 nitrogen and oxygen atoms in total. The standard InChI is InChI=1S/C14H19N5O.ClH/c1-10(2)13(15)14(20)18-8-11-3-4-17-12(7-11)19-6-5-16-9-19;/h3-7,9-10,13H,8,15H2,1-2H3,(H,18,20);1H/t13-;/m0./s1. The second kappa shape index (κ2) is 7.75. The van der Waals surface area contributed by atoms with Gasteiger partial charge in [0.1, 0.15) is 12.1 Å². The van der Waals surface area contributed by atoms with E-state index in [4.69, 9.17) is 5.73 Å². The van der Waals surface area contributed by atoms with Gasteiger partial charge in [-0.1, -0.05) is 13.8 Å². The third-order valence-corrected chi connectivity index (χ3v) is 3.07. The highest BCUT2D eigenvalue weighted by atomic mass is 35.5. The van der Waals surface area contributed by atoms with Crippen molar-refractivity contribution in [2.75, 3.05) is 0 Å². The average Bonchev–Trinajstić information content (AvgIpc) is 2.98. The Balaban J connectivity index is 0.00000220. The number of hydrogen-bond donors (Lipinski definition) is 2. The lowest BCUT2D eigenvalue weighted by molar-refractivity contribution is -0.123. The predicted octanol–water partition coefficient (Wildman–Crippen LogP) is 1.29. The summed E-state index contributed by atoms with van der Waals surface area (Å²) in [6, 6.07) is 3.29. The summed E-state index contributed by atoms with van der Waals surface area (Å²) in [6.07, 6.45) is 6.90. The number of pyridine rings is 1.